The van der Waals surface area contributed by atoms with Crippen molar-refractivity contribution in [3.8, 4) is 0 Å². The zero-order valence-corrected chi connectivity index (χ0v) is 12.0. The molecule has 1 aromatic carbocycles. The fraction of sp³-hybridized carbons (Fsp3) is 0.250. The number of nitrogens with one attached hydrogen (secondary N) is 1. The molecule has 1 amide bonds. The summed E-state index contributed by atoms with van der Waals surface area (Å²) in [6.07, 6.45) is 2.35. The van der Waals surface area contributed by atoms with Crippen LogP contribution in [0.15, 0.2) is 24.4 Å². The normalized spacial score (nSPS) is 21.2. The van der Waals surface area contributed by atoms with Crippen molar-refractivity contribution < 1.29 is 4.79 Å². The van der Waals surface area contributed by atoms with Gasteiger partial charge in [-0.1, -0.05) is 27.7 Å². The van der Waals surface area contributed by atoms with Gasteiger partial charge in [-0.25, -0.2) is 0 Å². The van der Waals surface area contributed by atoms with Crippen molar-refractivity contribution >= 4 is 45.6 Å². The first kappa shape index (κ1) is 12.8. The molecule has 1 aliphatic rings. The molecule has 19 heavy (non-hydrogen) atoms. The van der Waals surface area contributed by atoms with Crippen molar-refractivity contribution in [1.29, 1.82) is 0 Å². The van der Waals surface area contributed by atoms with Crippen LogP contribution < -0.4 is 5.32 Å². The largest absolute Gasteiger partial charge is 0.315 e. The van der Waals surface area contributed by atoms with Crippen LogP contribution in [0.1, 0.15) is 17.9 Å². The number of carbonyl (C=O) groups is 1. The Morgan fingerprint density at radius 3 is 2.68 bits per heavy atom. The summed E-state index contributed by atoms with van der Waals surface area (Å²) in [7, 11) is 0. The van der Waals surface area contributed by atoms with Gasteiger partial charge in [-0.15, -0.1) is 5.10 Å². The maximum atomic E-state index is 12.0. The lowest BCUT2D eigenvalue weighted by molar-refractivity contribution is -0.117. The van der Waals surface area contributed by atoms with Crippen LogP contribution in [0.5, 0.6) is 0 Å². The molecule has 2 atom stereocenters. The average Bonchev–Trinajstić information content (AvgIpc) is 3.00. The number of aromatic nitrogens is 2. The van der Waals surface area contributed by atoms with E-state index in [4.69, 9.17) is 23.2 Å². The van der Waals surface area contributed by atoms with Crippen LogP contribution >= 0.6 is 34.7 Å². The summed E-state index contributed by atoms with van der Waals surface area (Å²) < 4.78 is 3.70. The molecule has 1 saturated carbocycles. The Labute approximate surface area is 123 Å². The summed E-state index contributed by atoms with van der Waals surface area (Å²) in [5, 5.41) is 8.34. The van der Waals surface area contributed by atoms with Crippen LogP contribution in [0.4, 0.5) is 5.00 Å². The lowest BCUT2D eigenvalue weighted by Gasteiger charge is -2.03. The number of benzene rings is 1. The van der Waals surface area contributed by atoms with Gasteiger partial charge in [0, 0.05) is 27.5 Å². The molecule has 98 valence electrons. The van der Waals surface area contributed by atoms with Gasteiger partial charge in [0.2, 0.25) is 5.91 Å². The Kier molecular flexibility index (Phi) is 3.43. The first-order valence-electron chi connectivity index (χ1n) is 5.67. The van der Waals surface area contributed by atoms with Crippen molar-refractivity contribution in [2.45, 2.75) is 12.3 Å². The van der Waals surface area contributed by atoms with Crippen molar-refractivity contribution in [3.63, 3.8) is 0 Å². The second kappa shape index (κ2) is 5.07. The molecule has 0 aliphatic heterocycles. The van der Waals surface area contributed by atoms with E-state index in [9.17, 15) is 4.79 Å². The molecule has 0 bridgehead atoms. The van der Waals surface area contributed by atoms with Gasteiger partial charge in [0.25, 0.3) is 0 Å². The standard InChI is InChI=1S/C12H9Cl2N3OS/c13-7-1-6(2-8(14)3-7)9-4-10(9)12(18)16-11-5-15-17-19-11/h1-3,5,9-10H,4H2,(H,16,18)/t9-,10+/m0/s1. The quantitative estimate of drug-likeness (QED) is 0.942. The van der Waals surface area contributed by atoms with Gasteiger partial charge in [0.1, 0.15) is 5.00 Å². The third kappa shape index (κ3) is 2.88. The lowest BCUT2D eigenvalue weighted by atomic mass is 10.1. The van der Waals surface area contributed by atoms with Gasteiger partial charge in [0.15, 0.2) is 0 Å². The van der Waals surface area contributed by atoms with Gasteiger partial charge in [-0.05, 0) is 36.1 Å². The number of hydrogen-bond acceptors (Lipinski definition) is 4. The monoisotopic (exact) mass is 313 g/mol. The fourth-order valence-electron chi connectivity index (χ4n) is 2.08. The second-order valence-electron chi connectivity index (χ2n) is 4.42. The maximum absolute atomic E-state index is 12.0. The summed E-state index contributed by atoms with van der Waals surface area (Å²) in [5.74, 6) is 0.154. The zero-order valence-electron chi connectivity index (χ0n) is 9.64. The minimum atomic E-state index is -0.0309. The van der Waals surface area contributed by atoms with E-state index in [1.807, 2.05) is 12.1 Å². The molecule has 1 fully saturated rings. The Hall–Kier alpha value is -1.17. The SMILES string of the molecule is O=C(Nc1cnns1)[C@@H]1C[C@H]1c1cc(Cl)cc(Cl)c1. The molecule has 1 aliphatic carbocycles. The fourth-order valence-corrected chi connectivity index (χ4v) is 3.04. The molecule has 1 aromatic heterocycles. The Morgan fingerprint density at radius 1 is 1.32 bits per heavy atom. The highest BCUT2D eigenvalue weighted by atomic mass is 35.5. The minimum Gasteiger partial charge on any atom is -0.315 e. The van der Waals surface area contributed by atoms with Crippen LogP contribution in [0.3, 0.4) is 0 Å². The van der Waals surface area contributed by atoms with E-state index in [2.05, 4.69) is 14.9 Å². The second-order valence-corrected chi connectivity index (χ2v) is 6.08. The number of anilines is 1. The zero-order chi connectivity index (χ0) is 13.4. The first-order valence-corrected chi connectivity index (χ1v) is 7.20. The molecular formula is C12H9Cl2N3OS. The Balaban J connectivity index is 1.68. The van der Waals surface area contributed by atoms with E-state index >= 15 is 0 Å². The smallest absolute Gasteiger partial charge is 0.228 e. The minimum absolute atomic E-state index is 0.00727. The lowest BCUT2D eigenvalue weighted by Crippen LogP contribution is -2.13. The molecule has 1 N–H and O–H groups in total. The predicted octanol–water partition coefficient (Wildman–Crippen LogP) is 3.59. The third-order valence-electron chi connectivity index (χ3n) is 3.05. The van der Waals surface area contributed by atoms with E-state index in [0.29, 0.717) is 15.0 Å². The Morgan fingerprint density at radius 2 is 2.05 bits per heavy atom. The molecule has 0 saturated heterocycles. The highest BCUT2D eigenvalue weighted by Gasteiger charge is 2.44. The number of rotatable bonds is 3. The summed E-state index contributed by atoms with van der Waals surface area (Å²) >= 11 is 13.1. The average molecular weight is 314 g/mol. The van der Waals surface area contributed by atoms with Crippen LogP contribution in [-0.2, 0) is 4.79 Å². The van der Waals surface area contributed by atoms with E-state index in [1.165, 1.54) is 6.20 Å². The number of amides is 1. The van der Waals surface area contributed by atoms with Crippen molar-refractivity contribution in [2.24, 2.45) is 5.92 Å². The number of hydrogen-bond donors (Lipinski definition) is 1. The van der Waals surface area contributed by atoms with Crippen molar-refractivity contribution in [3.05, 3.63) is 40.0 Å². The molecule has 7 heteroatoms. The number of carbonyl (C=O) groups excluding carboxylic acids is 1. The van der Waals surface area contributed by atoms with Crippen LogP contribution in [-0.4, -0.2) is 15.5 Å². The van der Waals surface area contributed by atoms with Gasteiger partial charge >= 0.3 is 0 Å². The molecule has 1 heterocycles. The summed E-state index contributed by atoms with van der Waals surface area (Å²) in [5.41, 5.74) is 1.01. The highest BCUT2D eigenvalue weighted by molar-refractivity contribution is 7.10. The topological polar surface area (TPSA) is 54.9 Å². The molecule has 4 nitrogen and oxygen atoms in total. The van der Waals surface area contributed by atoms with Crippen LogP contribution in [0.2, 0.25) is 10.0 Å². The van der Waals surface area contributed by atoms with E-state index in [0.717, 1.165) is 23.5 Å². The summed E-state index contributed by atoms with van der Waals surface area (Å²) in [4.78, 5) is 12.0. The molecule has 3 rings (SSSR count). The Bertz CT molecular complexity index is 597. The number of nitrogens with zero attached hydrogens (tertiary/aromatic N) is 2. The van der Waals surface area contributed by atoms with Gasteiger partial charge in [-0.2, -0.15) is 0 Å². The van der Waals surface area contributed by atoms with Gasteiger partial charge < -0.3 is 5.32 Å². The summed E-state index contributed by atoms with van der Waals surface area (Å²) in [6.45, 7) is 0. The van der Waals surface area contributed by atoms with E-state index in [-0.39, 0.29) is 17.7 Å². The number of halogens is 2. The molecular weight excluding hydrogens is 305 g/mol. The highest BCUT2D eigenvalue weighted by Crippen LogP contribution is 2.49. The van der Waals surface area contributed by atoms with E-state index in [1.54, 1.807) is 6.07 Å². The molecule has 0 radical (unpaired) electrons. The van der Waals surface area contributed by atoms with Gasteiger partial charge in [-0.3, -0.25) is 4.79 Å². The van der Waals surface area contributed by atoms with Crippen LogP contribution in [0, 0.1) is 5.92 Å². The first-order chi connectivity index (χ1) is 9.13. The van der Waals surface area contributed by atoms with Crippen molar-refractivity contribution in [1.82, 2.24) is 9.59 Å². The third-order valence-corrected chi connectivity index (χ3v) is 4.06. The van der Waals surface area contributed by atoms with Gasteiger partial charge in [0.05, 0.1) is 6.20 Å². The van der Waals surface area contributed by atoms with E-state index < -0.39 is 0 Å². The van der Waals surface area contributed by atoms with Crippen LogP contribution in [0.25, 0.3) is 0 Å². The maximum Gasteiger partial charge on any atom is 0.228 e. The molecule has 0 spiro atoms. The summed E-state index contributed by atoms with van der Waals surface area (Å²) in [6, 6.07) is 5.41. The molecule has 0 unspecified atom stereocenters. The predicted molar refractivity (Wildman–Crippen MR) is 75.8 cm³/mol. The molecule has 2 aromatic rings. The van der Waals surface area contributed by atoms with Crippen molar-refractivity contribution in [2.75, 3.05) is 5.32 Å².